The molecule has 128 valence electrons. The van der Waals surface area contributed by atoms with Crippen LogP contribution in [0.15, 0.2) is 18.2 Å². The molecule has 0 unspecified atom stereocenters. The van der Waals surface area contributed by atoms with Gasteiger partial charge in [-0.1, -0.05) is 6.07 Å². The minimum atomic E-state index is -0.514. The predicted molar refractivity (Wildman–Crippen MR) is 87.4 cm³/mol. The lowest BCUT2D eigenvalue weighted by atomic mass is 9.76. The Labute approximate surface area is 136 Å². The van der Waals surface area contributed by atoms with Crippen molar-refractivity contribution < 1.29 is 19.7 Å². The van der Waals surface area contributed by atoms with Crippen LogP contribution in [0.3, 0.4) is 0 Å². The molecule has 2 rings (SSSR count). The summed E-state index contributed by atoms with van der Waals surface area (Å²) in [4.78, 5) is 12.0. The lowest BCUT2D eigenvalue weighted by molar-refractivity contribution is 0.0382. The van der Waals surface area contributed by atoms with Gasteiger partial charge in [-0.05, 0) is 46.1 Å². The highest BCUT2D eigenvalue weighted by Gasteiger charge is 2.39. The van der Waals surface area contributed by atoms with Crippen molar-refractivity contribution in [2.45, 2.75) is 57.7 Å². The summed E-state index contributed by atoms with van der Waals surface area (Å²) in [5, 5.41) is 25.3. The molecule has 1 aliphatic carbocycles. The van der Waals surface area contributed by atoms with Crippen molar-refractivity contribution >= 4 is 6.09 Å². The average Bonchev–Trinajstić information content (AvgIpc) is 2.36. The van der Waals surface area contributed by atoms with Gasteiger partial charge in [0.05, 0.1) is 5.54 Å². The third-order valence-corrected chi connectivity index (χ3v) is 3.92. The lowest BCUT2D eigenvalue weighted by Crippen LogP contribution is -2.59. The number of amides is 1. The summed E-state index contributed by atoms with van der Waals surface area (Å²) in [6.07, 6.45) is 2.48. The SMILES string of the molecule is CC(C)(C)OC(=O)NC1(CNCc2ccc(O)cc2O)CCC1. The van der Waals surface area contributed by atoms with E-state index in [1.165, 1.54) is 12.1 Å². The number of hydrogen-bond donors (Lipinski definition) is 4. The number of carbonyl (C=O) groups excluding carboxylic acids is 1. The van der Waals surface area contributed by atoms with E-state index in [1.807, 2.05) is 20.8 Å². The predicted octanol–water partition coefficient (Wildman–Crippen LogP) is 2.63. The number of alkyl carbamates (subject to hydrolysis) is 1. The summed E-state index contributed by atoms with van der Waals surface area (Å²) in [5.41, 5.74) is -0.0932. The summed E-state index contributed by atoms with van der Waals surface area (Å²) in [6, 6.07) is 4.52. The van der Waals surface area contributed by atoms with Gasteiger partial charge in [-0.2, -0.15) is 0 Å². The highest BCUT2D eigenvalue weighted by molar-refractivity contribution is 5.69. The van der Waals surface area contributed by atoms with Crippen LogP contribution in [0.5, 0.6) is 11.5 Å². The van der Waals surface area contributed by atoms with Gasteiger partial charge in [0, 0.05) is 24.7 Å². The van der Waals surface area contributed by atoms with E-state index in [0.29, 0.717) is 18.7 Å². The van der Waals surface area contributed by atoms with Gasteiger partial charge < -0.3 is 25.6 Å². The minimum absolute atomic E-state index is 0.0355. The molecular weight excluding hydrogens is 296 g/mol. The first-order valence-corrected chi connectivity index (χ1v) is 7.92. The number of nitrogens with one attached hydrogen (secondary N) is 2. The largest absolute Gasteiger partial charge is 0.508 e. The molecule has 0 aliphatic heterocycles. The van der Waals surface area contributed by atoms with E-state index in [2.05, 4.69) is 10.6 Å². The number of aromatic hydroxyl groups is 2. The summed E-state index contributed by atoms with van der Waals surface area (Å²) < 4.78 is 5.32. The Bertz CT molecular complexity index is 562. The van der Waals surface area contributed by atoms with Crippen LogP contribution in [-0.4, -0.2) is 34.0 Å². The molecule has 4 N–H and O–H groups in total. The molecule has 23 heavy (non-hydrogen) atoms. The number of hydrogen-bond acceptors (Lipinski definition) is 5. The van der Waals surface area contributed by atoms with Crippen molar-refractivity contribution in [1.29, 1.82) is 0 Å². The molecular formula is C17H26N2O4. The van der Waals surface area contributed by atoms with Crippen LogP contribution in [0.4, 0.5) is 4.79 Å². The molecule has 0 heterocycles. The number of phenolic OH excluding ortho intramolecular Hbond substituents is 2. The number of carbonyl (C=O) groups is 1. The second kappa shape index (κ2) is 6.66. The average molecular weight is 322 g/mol. The maximum Gasteiger partial charge on any atom is 0.408 e. The third kappa shape index (κ3) is 5.03. The van der Waals surface area contributed by atoms with Crippen LogP contribution in [0.1, 0.15) is 45.6 Å². The smallest absolute Gasteiger partial charge is 0.408 e. The molecule has 6 heteroatoms. The third-order valence-electron chi connectivity index (χ3n) is 3.92. The molecule has 6 nitrogen and oxygen atoms in total. The van der Waals surface area contributed by atoms with Gasteiger partial charge in [-0.15, -0.1) is 0 Å². The second-order valence-electron chi connectivity index (χ2n) is 7.18. The van der Waals surface area contributed by atoms with Crippen molar-refractivity contribution in [3.05, 3.63) is 23.8 Å². The van der Waals surface area contributed by atoms with Gasteiger partial charge in [-0.3, -0.25) is 0 Å². The van der Waals surface area contributed by atoms with Gasteiger partial charge in [0.2, 0.25) is 0 Å². The maximum absolute atomic E-state index is 12.0. The molecule has 1 aromatic carbocycles. The van der Waals surface area contributed by atoms with E-state index >= 15 is 0 Å². The van der Waals surface area contributed by atoms with Gasteiger partial charge in [0.25, 0.3) is 0 Å². The van der Waals surface area contributed by atoms with Crippen LogP contribution in [0, 0.1) is 0 Å². The molecule has 1 aliphatic rings. The van der Waals surface area contributed by atoms with E-state index in [1.54, 1.807) is 6.07 Å². The van der Waals surface area contributed by atoms with E-state index in [-0.39, 0.29) is 17.0 Å². The van der Waals surface area contributed by atoms with Gasteiger partial charge in [0.1, 0.15) is 17.1 Å². The monoisotopic (exact) mass is 322 g/mol. The van der Waals surface area contributed by atoms with E-state index in [0.717, 1.165) is 19.3 Å². The summed E-state index contributed by atoms with van der Waals surface area (Å²) in [5.74, 6) is 0.0913. The molecule has 1 fully saturated rings. The zero-order valence-electron chi connectivity index (χ0n) is 14.0. The van der Waals surface area contributed by atoms with Crippen molar-refractivity contribution in [2.24, 2.45) is 0 Å². The van der Waals surface area contributed by atoms with Crippen LogP contribution < -0.4 is 10.6 Å². The summed E-state index contributed by atoms with van der Waals surface area (Å²) in [6.45, 7) is 6.58. The van der Waals surface area contributed by atoms with Crippen molar-refractivity contribution in [2.75, 3.05) is 6.54 Å². The fourth-order valence-corrected chi connectivity index (χ4v) is 2.61. The highest BCUT2D eigenvalue weighted by atomic mass is 16.6. The van der Waals surface area contributed by atoms with Crippen molar-refractivity contribution in [3.63, 3.8) is 0 Å². The number of benzene rings is 1. The topological polar surface area (TPSA) is 90.8 Å². The molecule has 1 aromatic rings. The molecule has 1 saturated carbocycles. The van der Waals surface area contributed by atoms with Crippen LogP contribution in [0.2, 0.25) is 0 Å². The van der Waals surface area contributed by atoms with Crippen LogP contribution in [-0.2, 0) is 11.3 Å². The summed E-state index contributed by atoms with van der Waals surface area (Å²) >= 11 is 0. The Morgan fingerprint density at radius 1 is 1.30 bits per heavy atom. The van der Waals surface area contributed by atoms with E-state index < -0.39 is 11.7 Å². The lowest BCUT2D eigenvalue weighted by Gasteiger charge is -2.42. The molecule has 1 amide bonds. The first-order valence-electron chi connectivity index (χ1n) is 7.92. The number of phenols is 2. The van der Waals surface area contributed by atoms with E-state index in [4.69, 9.17) is 4.74 Å². The van der Waals surface area contributed by atoms with Crippen molar-refractivity contribution in [3.8, 4) is 11.5 Å². The summed E-state index contributed by atoms with van der Waals surface area (Å²) in [7, 11) is 0. The molecule has 0 bridgehead atoms. The molecule has 0 atom stereocenters. The van der Waals surface area contributed by atoms with Gasteiger partial charge in [-0.25, -0.2) is 4.79 Å². The second-order valence-corrected chi connectivity index (χ2v) is 7.18. The quantitative estimate of drug-likeness (QED) is 0.669. The molecule has 0 radical (unpaired) electrons. The zero-order chi connectivity index (χ0) is 17.1. The standard InChI is InChI=1S/C17H26N2O4/c1-16(2,3)23-15(22)19-17(7-4-8-17)11-18-10-12-5-6-13(20)9-14(12)21/h5-6,9,18,20-21H,4,7-8,10-11H2,1-3H3,(H,19,22). The fourth-order valence-electron chi connectivity index (χ4n) is 2.61. The highest BCUT2D eigenvalue weighted by Crippen LogP contribution is 2.32. The Morgan fingerprint density at radius 3 is 2.52 bits per heavy atom. The van der Waals surface area contributed by atoms with Crippen LogP contribution >= 0.6 is 0 Å². The van der Waals surface area contributed by atoms with Gasteiger partial charge in [0.15, 0.2) is 0 Å². The Morgan fingerprint density at radius 2 is 2.00 bits per heavy atom. The minimum Gasteiger partial charge on any atom is -0.508 e. The molecule has 0 aromatic heterocycles. The first kappa shape index (κ1) is 17.4. The Balaban J connectivity index is 1.86. The zero-order valence-corrected chi connectivity index (χ0v) is 14.0. The normalized spacial score (nSPS) is 16.5. The maximum atomic E-state index is 12.0. The van der Waals surface area contributed by atoms with E-state index in [9.17, 15) is 15.0 Å². The van der Waals surface area contributed by atoms with Crippen LogP contribution in [0.25, 0.3) is 0 Å². The van der Waals surface area contributed by atoms with Gasteiger partial charge >= 0.3 is 6.09 Å². The fraction of sp³-hybridized carbons (Fsp3) is 0.588. The first-order chi connectivity index (χ1) is 10.7. The Hall–Kier alpha value is -1.95. The number of rotatable bonds is 5. The van der Waals surface area contributed by atoms with Crippen molar-refractivity contribution in [1.82, 2.24) is 10.6 Å². The molecule has 0 spiro atoms. The molecule has 0 saturated heterocycles. The Kier molecular flexibility index (Phi) is 5.04. The number of ether oxygens (including phenoxy) is 1.